The van der Waals surface area contributed by atoms with Crippen molar-refractivity contribution in [3.8, 4) is 0 Å². The second kappa shape index (κ2) is 6.52. The van der Waals surface area contributed by atoms with Crippen LogP contribution in [0.5, 0.6) is 0 Å². The average molecular weight is 235 g/mol. The summed E-state index contributed by atoms with van der Waals surface area (Å²) in [6.45, 7) is 1.92. The SMILES string of the molecule is CCOC(=O)CC(=O)Cc1cccnc1C=O. The van der Waals surface area contributed by atoms with Crippen molar-refractivity contribution in [1.29, 1.82) is 0 Å². The molecule has 0 saturated heterocycles. The zero-order valence-electron chi connectivity index (χ0n) is 9.51. The Morgan fingerprint density at radius 1 is 1.47 bits per heavy atom. The number of hydrogen-bond acceptors (Lipinski definition) is 5. The topological polar surface area (TPSA) is 73.3 Å². The van der Waals surface area contributed by atoms with Crippen LogP contribution in [-0.2, 0) is 20.7 Å². The predicted molar refractivity (Wildman–Crippen MR) is 59.6 cm³/mol. The molecule has 0 aliphatic heterocycles. The molecule has 5 nitrogen and oxygen atoms in total. The molecule has 0 N–H and O–H groups in total. The number of aromatic nitrogens is 1. The number of hydrogen-bond donors (Lipinski definition) is 0. The molecule has 0 amide bonds. The Hall–Kier alpha value is -2.04. The number of ether oxygens (including phenoxy) is 1. The highest BCUT2D eigenvalue weighted by Gasteiger charge is 2.13. The maximum absolute atomic E-state index is 11.5. The van der Waals surface area contributed by atoms with Gasteiger partial charge in [0.25, 0.3) is 0 Å². The summed E-state index contributed by atoms with van der Waals surface area (Å²) in [5.74, 6) is -0.839. The van der Waals surface area contributed by atoms with Gasteiger partial charge in [0.05, 0.1) is 6.61 Å². The Labute approximate surface area is 98.8 Å². The molecule has 0 aromatic carbocycles. The fourth-order valence-corrected chi connectivity index (χ4v) is 1.35. The van der Waals surface area contributed by atoms with E-state index in [-0.39, 0.29) is 30.9 Å². The van der Waals surface area contributed by atoms with Gasteiger partial charge in [0.1, 0.15) is 17.9 Å². The first-order valence-corrected chi connectivity index (χ1v) is 5.23. The molecule has 0 unspecified atom stereocenters. The standard InChI is InChI=1S/C12H13NO4/c1-2-17-12(16)7-10(15)6-9-4-3-5-13-11(9)8-14/h3-5,8H,2,6-7H2,1H3. The number of Topliss-reactive ketones (excluding diaryl/α,β-unsaturated/α-hetero) is 1. The molecular weight excluding hydrogens is 222 g/mol. The molecule has 5 heteroatoms. The maximum atomic E-state index is 11.5. The Bertz CT molecular complexity index is 428. The van der Waals surface area contributed by atoms with E-state index in [4.69, 9.17) is 0 Å². The summed E-state index contributed by atoms with van der Waals surface area (Å²) >= 11 is 0. The molecule has 0 fully saturated rings. The predicted octanol–water partition coefficient (Wildman–Crippen LogP) is 0.959. The number of carbonyl (C=O) groups excluding carboxylic acids is 3. The van der Waals surface area contributed by atoms with Crippen LogP contribution in [0.1, 0.15) is 29.4 Å². The summed E-state index contributed by atoms with van der Waals surface area (Å²) in [6, 6.07) is 3.28. The molecule has 1 aromatic heterocycles. The number of nitrogens with zero attached hydrogens (tertiary/aromatic N) is 1. The molecule has 1 rings (SSSR count). The van der Waals surface area contributed by atoms with Crippen molar-refractivity contribution in [3.63, 3.8) is 0 Å². The summed E-state index contributed by atoms with van der Waals surface area (Å²) in [7, 11) is 0. The van der Waals surface area contributed by atoms with Crippen LogP contribution in [-0.4, -0.2) is 29.6 Å². The second-order valence-corrected chi connectivity index (χ2v) is 3.36. The van der Waals surface area contributed by atoms with Gasteiger partial charge < -0.3 is 4.74 Å². The van der Waals surface area contributed by atoms with E-state index >= 15 is 0 Å². The van der Waals surface area contributed by atoms with Gasteiger partial charge in [-0.05, 0) is 18.6 Å². The number of esters is 1. The molecule has 1 heterocycles. The van der Waals surface area contributed by atoms with E-state index in [0.29, 0.717) is 11.8 Å². The van der Waals surface area contributed by atoms with Gasteiger partial charge in [-0.1, -0.05) is 6.07 Å². The Morgan fingerprint density at radius 2 is 2.24 bits per heavy atom. The highest BCUT2D eigenvalue weighted by Crippen LogP contribution is 2.06. The smallest absolute Gasteiger partial charge is 0.313 e. The molecule has 17 heavy (non-hydrogen) atoms. The van der Waals surface area contributed by atoms with Gasteiger partial charge in [0.15, 0.2) is 6.29 Å². The molecule has 0 saturated carbocycles. The lowest BCUT2D eigenvalue weighted by molar-refractivity contribution is -0.145. The van der Waals surface area contributed by atoms with Crippen LogP contribution in [0.2, 0.25) is 0 Å². The van der Waals surface area contributed by atoms with Crippen molar-refractivity contribution in [2.45, 2.75) is 19.8 Å². The number of rotatable bonds is 6. The third-order valence-electron chi connectivity index (χ3n) is 2.07. The quantitative estimate of drug-likeness (QED) is 0.417. The molecule has 0 spiro atoms. The molecule has 0 aliphatic rings. The van der Waals surface area contributed by atoms with Crippen LogP contribution in [0, 0.1) is 0 Å². The Morgan fingerprint density at radius 3 is 2.88 bits per heavy atom. The second-order valence-electron chi connectivity index (χ2n) is 3.36. The van der Waals surface area contributed by atoms with Crippen LogP contribution < -0.4 is 0 Å². The first-order valence-electron chi connectivity index (χ1n) is 5.23. The summed E-state index contributed by atoms with van der Waals surface area (Å²) < 4.78 is 4.66. The van der Waals surface area contributed by atoms with E-state index in [2.05, 4.69) is 9.72 Å². The number of pyridine rings is 1. The first kappa shape index (κ1) is 13.0. The van der Waals surface area contributed by atoms with Gasteiger partial charge >= 0.3 is 5.97 Å². The number of ketones is 1. The van der Waals surface area contributed by atoms with Crippen molar-refractivity contribution >= 4 is 18.0 Å². The molecule has 0 bridgehead atoms. The van der Waals surface area contributed by atoms with Crippen LogP contribution in [0.15, 0.2) is 18.3 Å². The zero-order chi connectivity index (χ0) is 12.7. The largest absolute Gasteiger partial charge is 0.466 e. The van der Waals surface area contributed by atoms with Crippen LogP contribution >= 0.6 is 0 Å². The van der Waals surface area contributed by atoms with E-state index in [1.807, 2.05) is 0 Å². The van der Waals surface area contributed by atoms with Crippen molar-refractivity contribution in [2.75, 3.05) is 6.61 Å². The van der Waals surface area contributed by atoms with E-state index < -0.39 is 5.97 Å². The van der Waals surface area contributed by atoms with E-state index in [0.717, 1.165) is 0 Å². The zero-order valence-corrected chi connectivity index (χ0v) is 9.51. The van der Waals surface area contributed by atoms with Gasteiger partial charge in [0, 0.05) is 12.6 Å². The van der Waals surface area contributed by atoms with Crippen LogP contribution in [0.25, 0.3) is 0 Å². The highest BCUT2D eigenvalue weighted by molar-refractivity contribution is 5.97. The monoisotopic (exact) mass is 235 g/mol. The minimum atomic E-state index is -0.547. The van der Waals surface area contributed by atoms with Gasteiger partial charge in [-0.2, -0.15) is 0 Å². The Kier molecular flexibility index (Phi) is 5.00. The molecule has 0 aliphatic carbocycles. The normalized spacial score (nSPS) is 9.71. The highest BCUT2D eigenvalue weighted by atomic mass is 16.5. The lowest BCUT2D eigenvalue weighted by Gasteiger charge is -2.03. The van der Waals surface area contributed by atoms with Gasteiger partial charge in [-0.25, -0.2) is 0 Å². The van der Waals surface area contributed by atoms with E-state index in [9.17, 15) is 14.4 Å². The average Bonchev–Trinajstić information content (AvgIpc) is 2.29. The van der Waals surface area contributed by atoms with E-state index in [1.54, 1.807) is 19.1 Å². The van der Waals surface area contributed by atoms with Crippen molar-refractivity contribution in [3.05, 3.63) is 29.6 Å². The van der Waals surface area contributed by atoms with Gasteiger partial charge in [0.2, 0.25) is 0 Å². The molecule has 1 aromatic rings. The molecule has 0 atom stereocenters. The minimum Gasteiger partial charge on any atom is -0.466 e. The first-order chi connectivity index (χ1) is 8.17. The minimum absolute atomic E-state index is 0.0146. The maximum Gasteiger partial charge on any atom is 0.313 e. The Balaban J connectivity index is 2.62. The van der Waals surface area contributed by atoms with Gasteiger partial charge in [-0.15, -0.1) is 0 Å². The van der Waals surface area contributed by atoms with Crippen LogP contribution in [0.3, 0.4) is 0 Å². The van der Waals surface area contributed by atoms with Crippen LogP contribution in [0.4, 0.5) is 0 Å². The molecular formula is C12H13NO4. The third-order valence-corrected chi connectivity index (χ3v) is 2.07. The van der Waals surface area contributed by atoms with E-state index in [1.165, 1.54) is 6.20 Å². The fraction of sp³-hybridized carbons (Fsp3) is 0.333. The molecule has 0 radical (unpaired) electrons. The number of carbonyl (C=O) groups is 3. The summed E-state index contributed by atoms with van der Waals surface area (Å²) in [4.78, 5) is 37.1. The van der Waals surface area contributed by atoms with Gasteiger partial charge in [-0.3, -0.25) is 19.4 Å². The fourth-order valence-electron chi connectivity index (χ4n) is 1.35. The third kappa shape index (κ3) is 4.14. The summed E-state index contributed by atoms with van der Waals surface area (Å²) in [6.07, 6.45) is 1.80. The lowest BCUT2D eigenvalue weighted by Crippen LogP contribution is -2.14. The molecule has 90 valence electrons. The van der Waals surface area contributed by atoms with Crippen molar-refractivity contribution in [2.24, 2.45) is 0 Å². The summed E-state index contributed by atoms with van der Waals surface area (Å²) in [5, 5.41) is 0. The lowest BCUT2D eigenvalue weighted by atomic mass is 10.1. The number of aldehydes is 1. The van der Waals surface area contributed by atoms with Crippen molar-refractivity contribution in [1.82, 2.24) is 4.98 Å². The summed E-state index contributed by atoms with van der Waals surface area (Å²) in [5.41, 5.74) is 0.751. The van der Waals surface area contributed by atoms with Crippen molar-refractivity contribution < 1.29 is 19.1 Å².